The molecule has 0 unspecified atom stereocenters. The van der Waals surface area contributed by atoms with Crippen LogP contribution in [0.25, 0.3) is 0 Å². The van der Waals surface area contributed by atoms with Gasteiger partial charge in [-0.05, 0) is 49.4 Å². The highest BCUT2D eigenvalue weighted by molar-refractivity contribution is 7.89. The molecule has 0 fully saturated rings. The molecule has 13 heteroatoms. The molecule has 7 N–H and O–H groups in total. The van der Waals surface area contributed by atoms with E-state index >= 15 is 0 Å². The molecule has 0 heterocycles. The van der Waals surface area contributed by atoms with Gasteiger partial charge in [-0.3, -0.25) is 9.79 Å². The van der Waals surface area contributed by atoms with Crippen molar-refractivity contribution in [3.05, 3.63) is 102 Å². The van der Waals surface area contributed by atoms with Crippen LogP contribution < -0.4 is 17.2 Å². The van der Waals surface area contributed by atoms with Gasteiger partial charge < -0.3 is 27.0 Å². The third kappa shape index (κ3) is 7.96. The van der Waals surface area contributed by atoms with Crippen molar-refractivity contribution in [3.8, 4) is 0 Å². The number of hydrogen-bond acceptors (Lipinski definition) is 8. The minimum absolute atomic E-state index is 0.0729. The number of aliphatic imine (C=N–C) groups is 1. The lowest BCUT2D eigenvalue weighted by molar-refractivity contribution is -0.173. The number of aliphatic carboxylic acids is 1. The highest BCUT2D eigenvalue weighted by Crippen LogP contribution is 2.33. The van der Waals surface area contributed by atoms with Crippen LogP contribution in [0.1, 0.15) is 29.5 Å². The van der Waals surface area contributed by atoms with Gasteiger partial charge in [-0.25, -0.2) is 22.3 Å². The van der Waals surface area contributed by atoms with Gasteiger partial charge in [-0.1, -0.05) is 78.4 Å². The minimum atomic E-state index is -5.00. The molecule has 3 aromatic rings. The number of carboxylic acids is 1. The van der Waals surface area contributed by atoms with Gasteiger partial charge in [0.1, 0.15) is 6.61 Å². The van der Waals surface area contributed by atoms with Crippen LogP contribution in [0.4, 0.5) is 0 Å². The SMILES string of the molecule is Cc1ccc(S(=O)(=O)N(C(=O)[C@@H](N)Cc2ccccc2)[C@@](CCCN=C(N)N)(C(=O)O)C(=O)OCc2ccccc2)cc1. The third-order valence-electron chi connectivity index (χ3n) is 6.62. The smallest absolute Gasteiger partial charge is 0.345 e. The number of sulfonamides is 1. The summed E-state index contributed by atoms with van der Waals surface area (Å²) in [6.07, 6.45) is -1.05. The summed E-state index contributed by atoms with van der Waals surface area (Å²) in [5, 5.41) is 10.7. The molecule has 228 valence electrons. The lowest BCUT2D eigenvalue weighted by atomic mass is 9.92. The normalized spacial score (nSPS) is 13.3. The zero-order valence-corrected chi connectivity index (χ0v) is 24.4. The van der Waals surface area contributed by atoms with Gasteiger partial charge in [0.2, 0.25) is 0 Å². The van der Waals surface area contributed by atoms with Crippen molar-refractivity contribution in [1.82, 2.24) is 4.31 Å². The van der Waals surface area contributed by atoms with Crippen molar-refractivity contribution < 1.29 is 32.6 Å². The maximum absolute atomic E-state index is 14.2. The Balaban J connectivity index is 2.19. The predicted molar refractivity (Wildman–Crippen MR) is 160 cm³/mol. The molecule has 0 aliphatic heterocycles. The van der Waals surface area contributed by atoms with Gasteiger partial charge in [-0.2, -0.15) is 0 Å². The largest absolute Gasteiger partial charge is 0.479 e. The van der Waals surface area contributed by atoms with Crippen LogP contribution in [-0.4, -0.2) is 59.8 Å². The molecule has 1 amide bonds. The Morgan fingerprint density at radius 1 is 0.930 bits per heavy atom. The number of nitrogens with two attached hydrogens (primary N) is 3. The van der Waals surface area contributed by atoms with Gasteiger partial charge in [0.25, 0.3) is 21.5 Å². The van der Waals surface area contributed by atoms with E-state index in [4.69, 9.17) is 21.9 Å². The molecule has 12 nitrogen and oxygen atoms in total. The van der Waals surface area contributed by atoms with E-state index in [-0.39, 0.29) is 36.3 Å². The van der Waals surface area contributed by atoms with Crippen LogP contribution >= 0.6 is 0 Å². The van der Waals surface area contributed by atoms with Crippen molar-refractivity contribution in [2.75, 3.05) is 6.54 Å². The second kappa shape index (κ2) is 14.4. The van der Waals surface area contributed by atoms with Crippen molar-refractivity contribution in [2.45, 2.75) is 49.3 Å². The van der Waals surface area contributed by atoms with E-state index in [0.717, 1.165) is 0 Å². The average molecular weight is 610 g/mol. The fraction of sp³-hybridized carbons (Fsp3) is 0.267. The first-order chi connectivity index (χ1) is 20.4. The molecular formula is C30H35N5O7S. The van der Waals surface area contributed by atoms with Crippen molar-refractivity contribution >= 4 is 33.8 Å². The van der Waals surface area contributed by atoms with Gasteiger partial charge >= 0.3 is 11.9 Å². The van der Waals surface area contributed by atoms with Gasteiger partial charge in [-0.15, -0.1) is 0 Å². The summed E-state index contributed by atoms with van der Waals surface area (Å²) in [5.74, 6) is -4.99. The van der Waals surface area contributed by atoms with E-state index in [2.05, 4.69) is 4.99 Å². The Bertz CT molecular complexity index is 1540. The predicted octanol–water partition coefficient (Wildman–Crippen LogP) is 1.70. The maximum atomic E-state index is 14.2. The van der Waals surface area contributed by atoms with Gasteiger partial charge in [0, 0.05) is 6.54 Å². The molecular weight excluding hydrogens is 574 g/mol. The topological polar surface area (TPSA) is 208 Å². The lowest BCUT2D eigenvalue weighted by Gasteiger charge is -2.38. The molecule has 0 aromatic heterocycles. The van der Waals surface area contributed by atoms with E-state index < -0.39 is 50.8 Å². The lowest BCUT2D eigenvalue weighted by Crippen LogP contribution is -2.67. The quantitative estimate of drug-likeness (QED) is 0.0683. The molecule has 0 bridgehead atoms. The van der Waals surface area contributed by atoms with Crippen molar-refractivity contribution in [1.29, 1.82) is 0 Å². The molecule has 3 aromatic carbocycles. The number of benzene rings is 3. The molecule has 43 heavy (non-hydrogen) atoms. The zero-order valence-electron chi connectivity index (χ0n) is 23.6. The number of carboxylic acid groups (broad SMARTS) is 1. The molecule has 2 atom stereocenters. The first-order valence-electron chi connectivity index (χ1n) is 13.3. The Morgan fingerprint density at radius 3 is 2.02 bits per heavy atom. The van der Waals surface area contributed by atoms with E-state index in [0.29, 0.717) is 16.7 Å². The summed E-state index contributed by atoms with van der Waals surface area (Å²) < 4.78 is 33.9. The summed E-state index contributed by atoms with van der Waals surface area (Å²) in [7, 11) is -5.00. The van der Waals surface area contributed by atoms with Crippen molar-refractivity contribution in [3.63, 3.8) is 0 Å². The standard InChI is InChI=1S/C30H35N5O7S/c1-21-13-15-24(16-14-21)43(40,41)35(26(36)25(31)19-22-9-4-2-5-10-22)30(27(37)38,17-8-18-34-29(32)33)28(39)42-20-23-11-6-3-7-12-23/h2-7,9-16,25H,8,17-20,31H2,1H3,(H,37,38)(H4,32,33,34)/t25-,30-/m0/s1. The summed E-state index contributed by atoms with van der Waals surface area (Å²) in [6, 6.07) is 20.8. The van der Waals surface area contributed by atoms with Gasteiger partial charge in [0.15, 0.2) is 5.96 Å². The number of amides is 1. The third-order valence-corrected chi connectivity index (χ3v) is 8.46. The first-order valence-corrected chi connectivity index (χ1v) is 14.8. The van der Waals surface area contributed by atoms with Crippen LogP contribution in [0.5, 0.6) is 0 Å². The molecule has 0 saturated carbocycles. The number of guanidine groups is 1. The van der Waals surface area contributed by atoms with Crippen LogP contribution in [-0.2, 0) is 42.2 Å². The summed E-state index contributed by atoms with van der Waals surface area (Å²) in [6.45, 7) is 1.18. The highest BCUT2D eigenvalue weighted by atomic mass is 32.2. The fourth-order valence-electron chi connectivity index (χ4n) is 4.39. The Morgan fingerprint density at radius 2 is 1.49 bits per heavy atom. The average Bonchev–Trinajstić information content (AvgIpc) is 2.98. The number of carbonyl (C=O) groups is 3. The van der Waals surface area contributed by atoms with E-state index in [1.165, 1.54) is 24.3 Å². The van der Waals surface area contributed by atoms with E-state index in [1.54, 1.807) is 67.6 Å². The molecule has 0 aliphatic carbocycles. The van der Waals surface area contributed by atoms with Crippen LogP contribution in [0, 0.1) is 6.92 Å². The number of nitrogens with zero attached hydrogens (tertiary/aromatic N) is 2. The van der Waals surface area contributed by atoms with Crippen LogP contribution in [0.15, 0.2) is 94.8 Å². The van der Waals surface area contributed by atoms with Crippen LogP contribution in [0.3, 0.4) is 0 Å². The molecule has 0 saturated heterocycles. The summed E-state index contributed by atoms with van der Waals surface area (Å²) in [4.78, 5) is 44.5. The number of hydrogen-bond donors (Lipinski definition) is 4. The molecule has 0 radical (unpaired) electrons. The number of ether oxygens (including phenoxy) is 1. The van der Waals surface area contributed by atoms with E-state index in [1.807, 2.05) is 0 Å². The second-order valence-corrected chi connectivity index (χ2v) is 11.6. The van der Waals surface area contributed by atoms with Crippen molar-refractivity contribution in [2.24, 2.45) is 22.2 Å². The second-order valence-electron chi connectivity index (χ2n) is 9.85. The van der Waals surface area contributed by atoms with Gasteiger partial charge in [0.05, 0.1) is 10.9 Å². The Kier molecular flexibility index (Phi) is 11.0. The summed E-state index contributed by atoms with van der Waals surface area (Å²) in [5.41, 5.74) is 15.8. The molecule has 0 aliphatic rings. The number of aryl methyl sites for hydroxylation is 1. The molecule has 3 rings (SSSR count). The van der Waals surface area contributed by atoms with Crippen LogP contribution in [0.2, 0.25) is 0 Å². The first kappa shape index (κ1) is 32.8. The fourth-order valence-corrected chi connectivity index (χ4v) is 6.10. The number of rotatable bonds is 14. The highest BCUT2D eigenvalue weighted by Gasteiger charge is 2.60. The Hall–Kier alpha value is -4.75. The zero-order chi connectivity index (χ0) is 31.6. The Labute approximate surface area is 250 Å². The monoisotopic (exact) mass is 609 g/mol. The maximum Gasteiger partial charge on any atom is 0.345 e. The minimum Gasteiger partial charge on any atom is -0.479 e. The molecule has 0 spiro atoms. The number of carbonyl (C=O) groups excluding carboxylic acids is 2. The summed E-state index contributed by atoms with van der Waals surface area (Å²) >= 11 is 0. The number of esters is 1. The van der Waals surface area contributed by atoms with E-state index in [9.17, 15) is 27.9 Å².